The summed E-state index contributed by atoms with van der Waals surface area (Å²) in [5.41, 5.74) is 5.65. The van der Waals surface area contributed by atoms with E-state index >= 15 is 0 Å². The fourth-order valence-electron chi connectivity index (χ4n) is 1.56. The molecule has 0 fully saturated rings. The monoisotopic (exact) mass is 145 g/mol. The number of hydrogen-bond donors (Lipinski definition) is 0. The molecule has 0 unspecified atom stereocenters. The first kappa shape index (κ1) is 6.59. The van der Waals surface area contributed by atoms with Gasteiger partial charge in [-0.05, 0) is 43.0 Å². The third-order valence-corrected chi connectivity index (χ3v) is 2.41. The third kappa shape index (κ3) is 0.881. The van der Waals surface area contributed by atoms with Crippen LogP contribution in [0.4, 0.5) is 0 Å². The molecule has 1 aliphatic rings. The van der Waals surface area contributed by atoms with Crippen LogP contribution in [0.5, 0.6) is 0 Å². The fraction of sp³-hybridized carbons (Fsp3) is 0.300. The van der Waals surface area contributed by atoms with Crippen molar-refractivity contribution in [2.75, 3.05) is 0 Å². The lowest BCUT2D eigenvalue weighted by atomic mass is 10.1. The minimum absolute atomic E-state index is 1.11. The third-order valence-electron chi connectivity index (χ3n) is 2.41. The number of pyridine rings is 1. The Morgan fingerprint density at radius 1 is 1.36 bits per heavy atom. The van der Waals surface area contributed by atoms with Crippen LogP contribution in [0.1, 0.15) is 25.0 Å². The lowest BCUT2D eigenvalue weighted by Gasteiger charge is -1.96. The highest BCUT2D eigenvalue weighted by Crippen LogP contribution is 2.30. The summed E-state index contributed by atoms with van der Waals surface area (Å²) in [5.74, 6) is 0. The normalized spacial score (nSPS) is 15.5. The van der Waals surface area contributed by atoms with Gasteiger partial charge in [0.1, 0.15) is 0 Å². The summed E-state index contributed by atoms with van der Waals surface area (Å²) >= 11 is 0. The van der Waals surface area contributed by atoms with E-state index in [1.807, 2.05) is 12.4 Å². The van der Waals surface area contributed by atoms with Crippen LogP contribution in [0.2, 0.25) is 0 Å². The fourth-order valence-corrected chi connectivity index (χ4v) is 1.56. The molecule has 1 aromatic rings. The van der Waals surface area contributed by atoms with Crippen molar-refractivity contribution >= 4 is 5.57 Å². The zero-order chi connectivity index (χ0) is 7.84. The van der Waals surface area contributed by atoms with Gasteiger partial charge in [-0.25, -0.2) is 0 Å². The van der Waals surface area contributed by atoms with Crippen molar-refractivity contribution in [2.45, 2.75) is 20.3 Å². The van der Waals surface area contributed by atoms with E-state index in [2.05, 4.69) is 24.9 Å². The molecule has 0 atom stereocenters. The van der Waals surface area contributed by atoms with E-state index in [4.69, 9.17) is 0 Å². The lowest BCUT2D eigenvalue weighted by Crippen LogP contribution is -1.83. The van der Waals surface area contributed by atoms with E-state index in [0.717, 1.165) is 6.42 Å². The van der Waals surface area contributed by atoms with Crippen molar-refractivity contribution in [2.24, 2.45) is 0 Å². The SMILES string of the molecule is CC1=C(C)c2cnccc2C1. The Hall–Kier alpha value is -1.11. The maximum absolute atomic E-state index is 4.11. The van der Waals surface area contributed by atoms with Gasteiger partial charge in [0.05, 0.1) is 0 Å². The molecule has 1 heterocycles. The van der Waals surface area contributed by atoms with Crippen molar-refractivity contribution in [3.8, 4) is 0 Å². The number of aromatic nitrogens is 1. The van der Waals surface area contributed by atoms with Gasteiger partial charge in [0.25, 0.3) is 0 Å². The van der Waals surface area contributed by atoms with Crippen molar-refractivity contribution in [1.29, 1.82) is 0 Å². The zero-order valence-electron chi connectivity index (χ0n) is 6.89. The van der Waals surface area contributed by atoms with Gasteiger partial charge >= 0.3 is 0 Å². The van der Waals surface area contributed by atoms with Crippen LogP contribution >= 0.6 is 0 Å². The Morgan fingerprint density at radius 3 is 2.91 bits per heavy atom. The molecule has 2 rings (SSSR count). The first-order valence-electron chi connectivity index (χ1n) is 3.88. The summed E-state index contributed by atoms with van der Waals surface area (Å²) in [4.78, 5) is 4.11. The first-order valence-corrected chi connectivity index (χ1v) is 3.88. The van der Waals surface area contributed by atoms with E-state index in [0.29, 0.717) is 0 Å². The molecule has 0 amide bonds. The Bertz CT molecular complexity index is 323. The molecule has 0 saturated carbocycles. The maximum Gasteiger partial charge on any atom is 0.0345 e. The molecule has 1 nitrogen and oxygen atoms in total. The average Bonchev–Trinajstić information content (AvgIpc) is 2.30. The smallest absolute Gasteiger partial charge is 0.0345 e. The summed E-state index contributed by atoms with van der Waals surface area (Å²) in [6, 6.07) is 2.11. The van der Waals surface area contributed by atoms with Gasteiger partial charge in [-0.3, -0.25) is 4.98 Å². The van der Waals surface area contributed by atoms with Crippen LogP contribution in [0.25, 0.3) is 5.57 Å². The van der Waals surface area contributed by atoms with Crippen LogP contribution in [0, 0.1) is 0 Å². The maximum atomic E-state index is 4.11. The molecule has 1 aliphatic carbocycles. The number of allylic oxidation sites excluding steroid dienone is 2. The van der Waals surface area contributed by atoms with Crippen LogP contribution in [0.3, 0.4) is 0 Å². The van der Waals surface area contributed by atoms with Crippen molar-refractivity contribution in [1.82, 2.24) is 4.98 Å². The van der Waals surface area contributed by atoms with E-state index in [1.54, 1.807) is 0 Å². The second kappa shape index (κ2) is 2.19. The minimum Gasteiger partial charge on any atom is -0.264 e. The van der Waals surface area contributed by atoms with Crippen molar-refractivity contribution in [3.05, 3.63) is 35.2 Å². The molecule has 0 N–H and O–H groups in total. The molecule has 0 radical (unpaired) electrons. The van der Waals surface area contributed by atoms with Crippen LogP contribution in [-0.2, 0) is 6.42 Å². The molecule has 0 bridgehead atoms. The van der Waals surface area contributed by atoms with Gasteiger partial charge in [0, 0.05) is 12.4 Å². The van der Waals surface area contributed by atoms with Gasteiger partial charge in [-0.15, -0.1) is 0 Å². The van der Waals surface area contributed by atoms with Gasteiger partial charge in [0.15, 0.2) is 0 Å². The van der Waals surface area contributed by atoms with Gasteiger partial charge in [-0.2, -0.15) is 0 Å². The number of nitrogens with zero attached hydrogens (tertiary/aromatic N) is 1. The van der Waals surface area contributed by atoms with Gasteiger partial charge in [-0.1, -0.05) is 5.57 Å². The van der Waals surface area contributed by atoms with Crippen LogP contribution in [-0.4, -0.2) is 4.98 Å². The Balaban J connectivity index is 2.60. The average molecular weight is 145 g/mol. The number of fused-ring (bicyclic) bond motifs is 1. The van der Waals surface area contributed by atoms with Gasteiger partial charge in [0.2, 0.25) is 0 Å². The zero-order valence-corrected chi connectivity index (χ0v) is 6.89. The molecule has 0 aliphatic heterocycles. The Kier molecular flexibility index (Phi) is 1.31. The molecule has 11 heavy (non-hydrogen) atoms. The summed E-state index contributed by atoms with van der Waals surface area (Å²) in [5, 5.41) is 0. The highest BCUT2D eigenvalue weighted by atomic mass is 14.6. The highest BCUT2D eigenvalue weighted by molar-refractivity contribution is 5.73. The molecule has 56 valence electrons. The van der Waals surface area contributed by atoms with Crippen molar-refractivity contribution < 1.29 is 0 Å². The molecule has 0 aromatic carbocycles. The van der Waals surface area contributed by atoms with Crippen LogP contribution < -0.4 is 0 Å². The van der Waals surface area contributed by atoms with E-state index in [9.17, 15) is 0 Å². The predicted molar refractivity (Wildman–Crippen MR) is 46.2 cm³/mol. The molecular formula is C10H11N. The highest BCUT2D eigenvalue weighted by Gasteiger charge is 2.13. The summed E-state index contributed by atoms with van der Waals surface area (Å²) < 4.78 is 0. The van der Waals surface area contributed by atoms with Gasteiger partial charge < -0.3 is 0 Å². The van der Waals surface area contributed by atoms with Crippen LogP contribution in [0.15, 0.2) is 24.0 Å². The van der Waals surface area contributed by atoms with E-state index < -0.39 is 0 Å². The Morgan fingerprint density at radius 2 is 2.18 bits per heavy atom. The second-order valence-electron chi connectivity index (χ2n) is 3.11. The molecule has 1 aromatic heterocycles. The lowest BCUT2D eigenvalue weighted by molar-refractivity contribution is 1.17. The summed E-state index contributed by atoms with van der Waals surface area (Å²) in [7, 11) is 0. The van der Waals surface area contributed by atoms with E-state index in [1.165, 1.54) is 22.3 Å². The standard InChI is InChI=1S/C10H11N/c1-7-5-9-3-4-11-6-10(9)8(7)2/h3-4,6H,5H2,1-2H3. The number of hydrogen-bond acceptors (Lipinski definition) is 1. The topological polar surface area (TPSA) is 12.9 Å². The van der Waals surface area contributed by atoms with E-state index in [-0.39, 0.29) is 0 Å². The Labute approximate surface area is 66.8 Å². The van der Waals surface area contributed by atoms with Crippen molar-refractivity contribution in [3.63, 3.8) is 0 Å². The summed E-state index contributed by atoms with van der Waals surface area (Å²) in [6.45, 7) is 4.36. The minimum atomic E-state index is 1.11. The quantitative estimate of drug-likeness (QED) is 0.546. The molecule has 0 saturated heterocycles. The first-order chi connectivity index (χ1) is 5.29. The molecular weight excluding hydrogens is 134 g/mol. The second-order valence-corrected chi connectivity index (χ2v) is 3.11. The largest absolute Gasteiger partial charge is 0.264 e. The number of rotatable bonds is 0. The molecule has 0 spiro atoms. The predicted octanol–water partition coefficient (Wildman–Crippen LogP) is 2.43. The summed E-state index contributed by atoms with van der Waals surface area (Å²) in [6.07, 6.45) is 4.94. The molecule has 1 heteroatoms.